The number of likely N-dealkylation sites (tertiary alicyclic amines) is 1. The predicted molar refractivity (Wildman–Crippen MR) is 108 cm³/mol. The first-order chi connectivity index (χ1) is 13.6. The molecule has 2 amide bonds. The lowest BCUT2D eigenvalue weighted by atomic mass is 9.92. The molecule has 0 aromatic carbocycles. The summed E-state index contributed by atoms with van der Waals surface area (Å²) in [6.07, 6.45) is 11.4. The van der Waals surface area contributed by atoms with Crippen LogP contribution in [-0.2, 0) is 9.53 Å². The highest BCUT2D eigenvalue weighted by Gasteiger charge is 2.46. The third-order valence-electron chi connectivity index (χ3n) is 7.68. The van der Waals surface area contributed by atoms with E-state index in [9.17, 15) is 9.59 Å². The first-order valence-corrected chi connectivity index (χ1v) is 11.6. The maximum Gasteiger partial charge on any atom is 0.410 e. The van der Waals surface area contributed by atoms with Gasteiger partial charge in [-0.2, -0.15) is 0 Å². The summed E-state index contributed by atoms with van der Waals surface area (Å²) < 4.78 is 5.29. The second kappa shape index (κ2) is 8.60. The molecule has 2 atom stereocenters. The summed E-state index contributed by atoms with van der Waals surface area (Å²) in [7, 11) is 0. The first kappa shape index (κ1) is 20.0. The van der Waals surface area contributed by atoms with Crippen molar-refractivity contribution < 1.29 is 14.3 Å². The van der Waals surface area contributed by atoms with Crippen molar-refractivity contribution in [3.05, 3.63) is 0 Å². The lowest BCUT2D eigenvalue weighted by molar-refractivity contribution is -0.135. The van der Waals surface area contributed by atoms with E-state index in [1.165, 1.54) is 25.7 Å². The SMILES string of the molecule is CCOC(=O)N1C2CCC1CC(N1CCC(N(C(C)=O)C3CCCC3)CC1)C2. The highest BCUT2D eigenvalue weighted by Crippen LogP contribution is 2.39. The average Bonchev–Trinajstić information content (AvgIpc) is 3.29. The Kier molecular flexibility index (Phi) is 6.14. The largest absolute Gasteiger partial charge is 0.450 e. The van der Waals surface area contributed by atoms with E-state index in [-0.39, 0.29) is 12.0 Å². The van der Waals surface area contributed by atoms with Gasteiger partial charge in [0.2, 0.25) is 5.91 Å². The van der Waals surface area contributed by atoms with E-state index in [1.54, 1.807) is 6.92 Å². The van der Waals surface area contributed by atoms with Gasteiger partial charge in [-0.15, -0.1) is 0 Å². The Balaban J connectivity index is 1.32. The van der Waals surface area contributed by atoms with E-state index in [0.717, 1.165) is 51.6 Å². The van der Waals surface area contributed by atoms with Gasteiger partial charge in [0.25, 0.3) is 0 Å². The van der Waals surface area contributed by atoms with Gasteiger partial charge in [-0.3, -0.25) is 4.79 Å². The van der Waals surface area contributed by atoms with Crippen molar-refractivity contribution in [1.29, 1.82) is 0 Å². The molecule has 0 spiro atoms. The Morgan fingerprint density at radius 2 is 1.46 bits per heavy atom. The maximum absolute atomic E-state index is 12.3. The molecule has 0 aromatic rings. The molecular weight excluding hydrogens is 354 g/mol. The molecule has 0 radical (unpaired) electrons. The van der Waals surface area contributed by atoms with Crippen LogP contribution in [0.15, 0.2) is 0 Å². The molecule has 158 valence electrons. The molecule has 28 heavy (non-hydrogen) atoms. The zero-order chi connectivity index (χ0) is 19.7. The molecule has 4 fully saturated rings. The molecule has 2 bridgehead atoms. The zero-order valence-electron chi connectivity index (χ0n) is 17.6. The van der Waals surface area contributed by atoms with Crippen molar-refractivity contribution in [2.75, 3.05) is 19.7 Å². The molecule has 3 heterocycles. The lowest BCUT2D eigenvalue weighted by Gasteiger charge is -2.47. The second-order valence-electron chi connectivity index (χ2n) is 9.25. The van der Waals surface area contributed by atoms with Gasteiger partial charge in [0.15, 0.2) is 0 Å². The van der Waals surface area contributed by atoms with Gasteiger partial charge in [0, 0.05) is 50.2 Å². The minimum absolute atomic E-state index is 0.110. The van der Waals surface area contributed by atoms with Crippen LogP contribution in [0.5, 0.6) is 0 Å². The number of piperidine rings is 2. The highest BCUT2D eigenvalue weighted by molar-refractivity contribution is 5.74. The van der Waals surface area contributed by atoms with Gasteiger partial charge in [-0.1, -0.05) is 12.8 Å². The van der Waals surface area contributed by atoms with Crippen molar-refractivity contribution in [3.8, 4) is 0 Å². The Bertz CT molecular complexity index is 555. The van der Waals surface area contributed by atoms with Gasteiger partial charge in [0.05, 0.1) is 6.61 Å². The van der Waals surface area contributed by atoms with Gasteiger partial charge >= 0.3 is 6.09 Å². The van der Waals surface area contributed by atoms with Gasteiger partial charge in [0.1, 0.15) is 0 Å². The number of carbonyl (C=O) groups excluding carboxylic acids is 2. The smallest absolute Gasteiger partial charge is 0.410 e. The minimum atomic E-state index is -0.110. The van der Waals surface area contributed by atoms with Crippen LogP contribution < -0.4 is 0 Å². The topological polar surface area (TPSA) is 53.1 Å². The van der Waals surface area contributed by atoms with Crippen LogP contribution in [0.25, 0.3) is 0 Å². The summed E-state index contributed by atoms with van der Waals surface area (Å²) in [5.41, 5.74) is 0. The van der Waals surface area contributed by atoms with Crippen LogP contribution in [0, 0.1) is 0 Å². The molecular formula is C22H37N3O3. The van der Waals surface area contributed by atoms with Crippen molar-refractivity contribution in [3.63, 3.8) is 0 Å². The molecule has 3 aliphatic heterocycles. The number of nitrogens with zero attached hydrogens (tertiary/aromatic N) is 3. The highest BCUT2D eigenvalue weighted by atomic mass is 16.6. The van der Waals surface area contributed by atoms with E-state index in [2.05, 4.69) is 9.80 Å². The molecule has 0 N–H and O–H groups in total. The monoisotopic (exact) mass is 391 g/mol. The van der Waals surface area contributed by atoms with Crippen LogP contribution in [0.1, 0.15) is 78.1 Å². The molecule has 2 unspecified atom stereocenters. The predicted octanol–water partition coefficient (Wildman–Crippen LogP) is 3.39. The van der Waals surface area contributed by atoms with Crippen molar-refractivity contribution in [1.82, 2.24) is 14.7 Å². The molecule has 1 saturated carbocycles. The van der Waals surface area contributed by atoms with E-state index in [1.807, 2.05) is 11.8 Å². The van der Waals surface area contributed by atoms with Crippen LogP contribution in [0.4, 0.5) is 4.79 Å². The van der Waals surface area contributed by atoms with Crippen molar-refractivity contribution >= 4 is 12.0 Å². The molecule has 6 nitrogen and oxygen atoms in total. The van der Waals surface area contributed by atoms with Crippen LogP contribution in [0.2, 0.25) is 0 Å². The van der Waals surface area contributed by atoms with E-state index in [0.29, 0.717) is 36.8 Å². The second-order valence-corrected chi connectivity index (χ2v) is 9.25. The summed E-state index contributed by atoms with van der Waals surface area (Å²) in [6, 6.07) is 2.20. The number of carbonyl (C=O) groups is 2. The lowest BCUT2D eigenvalue weighted by Crippen LogP contribution is -2.56. The number of fused-ring (bicyclic) bond motifs is 2. The van der Waals surface area contributed by atoms with Gasteiger partial charge in [-0.25, -0.2) is 4.79 Å². The minimum Gasteiger partial charge on any atom is -0.450 e. The summed E-state index contributed by atoms with van der Waals surface area (Å²) in [5.74, 6) is 0.270. The van der Waals surface area contributed by atoms with Crippen molar-refractivity contribution in [2.24, 2.45) is 0 Å². The van der Waals surface area contributed by atoms with Gasteiger partial charge < -0.3 is 19.4 Å². The first-order valence-electron chi connectivity index (χ1n) is 11.6. The average molecular weight is 392 g/mol. The number of rotatable bonds is 4. The summed E-state index contributed by atoms with van der Waals surface area (Å²) >= 11 is 0. The molecule has 4 rings (SSSR count). The Morgan fingerprint density at radius 3 is 2.00 bits per heavy atom. The zero-order valence-corrected chi connectivity index (χ0v) is 17.6. The third-order valence-corrected chi connectivity index (χ3v) is 7.68. The quantitative estimate of drug-likeness (QED) is 0.737. The molecule has 3 saturated heterocycles. The van der Waals surface area contributed by atoms with Crippen LogP contribution in [0.3, 0.4) is 0 Å². The van der Waals surface area contributed by atoms with Crippen molar-refractivity contribution in [2.45, 2.75) is 108 Å². The van der Waals surface area contributed by atoms with Crippen LogP contribution in [-0.4, -0.2) is 76.6 Å². The number of hydrogen-bond acceptors (Lipinski definition) is 4. The Hall–Kier alpha value is -1.30. The number of ether oxygens (including phenoxy) is 1. The maximum atomic E-state index is 12.3. The normalized spacial score (nSPS) is 31.9. The number of amides is 2. The Labute approximate surface area is 169 Å². The fourth-order valence-corrected chi connectivity index (χ4v) is 6.47. The van der Waals surface area contributed by atoms with E-state index < -0.39 is 0 Å². The fourth-order valence-electron chi connectivity index (χ4n) is 6.47. The summed E-state index contributed by atoms with van der Waals surface area (Å²) in [6.45, 7) is 6.27. The fraction of sp³-hybridized carbons (Fsp3) is 0.909. The van der Waals surface area contributed by atoms with E-state index in [4.69, 9.17) is 4.74 Å². The molecule has 4 aliphatic rings. The Morgan fingerprint density at radius 1 is 0.893 bits per heavy atom. The molecule has 0 aromatic heterocycles. The molecule has 1 aliphatic carbocycles. The van der Waals surface area contributed by atoms with E-state index >= 15 is 0 Å². The third kappa shape index (κ3) is 3.89. The standard InChI is InChI=1S/C22H37N3O3/c1-3-28-22(27)25-19-8-9-20(25)15-21(14-19)23-12-10-18(11-13-23)24(16(2)26)17-6-4-5-7-17/h17-21H,3-15H2,1-2H3. The van der Waals surface area contributed by atoms with Crippen LogP contribution >= 0.6 is 0 Å². The molecule has 6 heteroatoms. The van der Waals surface area contributed by atoms with Gasteiger partial charge in [-0.05, 0) is 58.3 Å². The summed E-state index contributed by atoms with van der Waals surface area (Å²) in [5, 5.41) is 0. The summed E-state index contributed by atoms with van der Waals surface area (Å²) in [4.78, 5) is 31.5. The number of hydrogen-bond donors (Lipinski definition) is 0.